The number of unbranched alkanes of at least 4 members (excludes halogenated alkanes) is 2. The fourth-order valence-corrected chi connectivity index (χ4v) is 3.40. The molecule has 0 aliphatic carbocycles. The minimum Gasteiger partial charge on any atom is -0.494 e. The van der Waals surface area contributed by atoms with E-state index in [4.69, 9.17) is 20.6 Å². The van der Waals surface area contributed by atoms with E-state index < -0.39 is 0 Å². The van der Waals surface area contributed by atoms with Crippen LogP contribution in [0.4, 0.5) is 0 Å². The fraction of sp³-hybridized carbons (Fsp3) is 0.440. The van der Waals surface area contributed by atoms with Crippen LogP contribution in [-0.2, 0) is 0 Å². The number of nitrogens with zero attached hydrogens (tertiary/aromatic N) is 1. The molecule has 0 fully saturated rings. The average molecular weight is 426 g/mol. The van der Waals surface area contributed by atoms with Crippen molar-refractivity contribution >= 4 is 11.7 Å². The van der Waals surface area contributed by atoms with Crippen molar-refractivity contribution in [1.82, 2.24) is 4.90 Å². The lowest BCUT2D eigenvalue weighted by molar-refractivity contribution is 0.0643. The topological polar surface area (TPSA) is 88.6 Å². The summed E-state index contributed by atoms with van der Waals surface area (Å²) >= 11 is 0. The number of nitrogens with one attached hydrogen (secondary N) is 1. The first-order valence-corrected chi connectivity index (χ1v) is 10.9. The summed E-state index contributed by atoms with van der Waals surface area (Å²) in [5.41, 5.74) is 6.82. The van der Waals surface area contributed by atoms with Crippen molar-refractivity contribution in [2.75, 3.05) is 13.2 Å². The van der Waals surface area contributed by atoms with Gasteiger partial charge < -0.3 is 20.1 Å². The first-order chi connectivity index (χ1) is 14.8. The van der Waals surface area contributed by atoms with E-state index in [2.05, 4.69) is 0 Å². The molecule has 6 heteroatoms. The molecule has 0 heterocycles. The molecular formula is C25H35N3O3. The van der Waals surface area contributed by atoms with Crippen molar-refractivity contribution in [3.05, 3.63) is 59.7 Å². The number of hydrogen-bond acceptors (Lipinski definition) is 4. The highest BCUT2D eigenvalue weighted by atomic mass is 16.5. The van der Waals surface area contributed by atoms with Crippen LogP contribution < -0.4 is 15.2 Å². The molecule has 0 aliphatic rings. The monoisotopic (exact) mass is 425 g/mol. The van der Waals surface area contributed by atoms with Gasteiger partial charge in [-0.15, -0.1) is 0 Å². The van der Waals surface area contributed by atoms with Gasteiger partial charge in [0.25, 0.3) is 5.91 Å². The Balaban J connectivity index is 1.66. The zero-order valence-electron chi connectivity index (χ0n) is 19.1. The van der Waals surface area contributed by atoms with Crippen molar-refractivity contribution in [2.24, 2.45) is 5.73 Å². The first kappa shape index (κ1) is 24.3. The number of nitrogen functional groups attached to an aromatic ring is 1. The molecule has 6 nitrogen and oxygen atoms in total. The number of carbonyl (C=O) groups excluding carboxylic acids is 1. The number of nitrogens with two attached hydrogens (primary N) is 1. The van der Waals surface area contributed by atoms with Gasteiger partial charge in [0.05, 0.1) is 13.2 Å². The third-order valence-corrected chi connectivity index (χ3v) is 4.94. The van der Waals surface area contributed by atoms with E-state index in [1.165, 1.54) is 0 Å². The van der Waals surface area contributed by atoms with Crippen molar-refractivity contribution in [3.63, 3.8) is 0 Å². The zero-order valence-corrected chi connectivity index (χ0v) is 19.1. The van der Waals surface area contributed by atoms with Gasteiger partial charge >= 0.3 is 0 Å². The van der Waals surface area contributed by atoms with Gasteiger partial charge in [-0.2, -0.15) is 0 Å². The van der Waals surface area contributed by atoms with E-state index in [0.717, 1.165) is 30.8 Å². The summed E-state index contributed by atoms with van der Waals surface area (Å²) < 4.78 is 11.5. The summed E-state index contributed by atoms with van der Waals surface area (Å²) in [6, 6.07) is 14.9. The van der Waals surface area contributed by atoms with E-state index in [9.17, 15) is 4.79 Å². The number of amidine groups is 1. The van der Waals surface area contributed by atoms with Gasteiger partial charge in [-0.3, -0.25) is 10.2 Å². The maximum absolute atomic E-state index is 12.7. The summed E-state index contributed by atoms with van der Waals surface area (Å²) in [7, 11) is 0. The van der Waals surface area contributed by atoms with Crippen molar-refractivity contribution in [1.29, 1.82) is 5.41 Å². The van der Waals surface area contributed by atoms with Crippen molar-refractivity contribution < 1.29 is 14.3 Å². The molecule has 168 valence electrons. The Morgan fingerprint density at radius 2 is 1.23 bits per heavy atom. The first-order valence-electron chi connectivity index (χ1n) is 10.9. The second-order valence-corrected chi connectivity index (χ2v) is 8.12. The molecule has 0 radical (unpaired) electrons. The molecule has 0 saturated heterocycles. The molecule has 1 amide bonds. The standard InChI is InChI=1S/C25H35N3O3/c1-18(2)28(19(3)4)25(29)21-10-14-23(15-11-21)31-17-7-5-6-16-30-22-12-8-20(9-13-22)24(26)27/h8-15,18-19H,5-7,16-17H2,1-4H3,(H3,26,27). The largest absolute Gasteiger partial charge is 0.494 e. The van der Waals surface area contributed by atoms with Crippen molar-refractivity contribution in [2.45, 2.75) is 59.0 Å². The lowest BCUT2D eigenvalue weighted by atomic mass is 10.1. The lowest BCUT2D eigenvalue weighted by Gasteiger charge is -2.30. The Bertz CT molecular complexity index is 822. The number of benzene rings is 2. The van der Waals surface area contributed by atoms with Crippen LogP contribution in [0.3, 0.4) is 0 Å². The highest BCUT2D eigenvalue weighted by molar-refractivity contribution is 5.95. The fourth-order valence-electron chi connectivity index (χ4n) is 3.40. The summed E-state index contributed by atoms with van der Waals surface area (Å²) in [6.45, 7) is 9.40. The Hall–Kier alpha value is -3.02. The molecule has 0 saturated carbocycles. The second kappa shape index (κ2) is 12.0. The van der Waals surface area contributed by atoms with Gasteiger partial charge in [0.1, 0.15) is 17.3 Å². The predicted molar refractivity (Wildman–Crippen MR) is 125 cm³/mol. The highest BCUT2D eigenvalue weighted by Gasteiger charge is 2.21. The van der Waals surface area contributed by atoms with Crippen LogP contribution in [0.15, 0.2) is 48.5 Å². The number of amides is 1. The molecule has 2 rings (SSSR count). The van der Waals surface area contributed by atoms with Crippen LogP contribution in [0.5, 0.6) is 11.5 Å². The highest BCUT2D eigenvalue weighted by Crippen LogP contribution is 2.17. The Kier molecular flexibility index (Phi) is 9.38. The summed E-state index contributed by atoms with van der Waals surface area (Å²) in [4.78, 5) is 14.6. The van der Waals surface area contributed by atoms with Crippen LogP contribution in [0.25, 0.3) is 0 Å². The molecular weight excluding hydrogens is 390 g/mol. The quantitative estimate of drug-likeness (QED) is 0.289. The molecule has 0 spiro atoms. The SMILES string of the molecule is CC(C)N(C(=O)c1ccc(OCCCCCOc2ccc(C(=N)N)cc2)cc1)C(C)C. The molecule has 31 heavy (non-hydrogen) atoms. The smallest absolute Gasteiger partial charge is 0.254 e. The number of ether oxygens (including phenoxy) is 2. The van der Waals surface area contributed by atoms with Gasteiger partial charge in [0.2, 0.25) is 0 Å². The summed E-state index contributed by atoms with van der Waals surface area (Å²) in [6.07, 6.45) is 2.87. The van der Waals surface area contributed by atoms with Gasteiger partial charge in [-0.1, -0.05) is 0 Å². The minimum absolute atomic E-state index is 0.0486. The second-order valence-electron chi connectivity index (χ2n) is 8.12. The summed E-state index contributed by atoms with van der Waals surface area (Å²) in [5, 5.41) is 7.39. The molecule has 2 aromatic rings. The molecule has 0 aliphatic heterocycles. The van der Waals surface area contributed by atoms with Crippen LogP contribution in [0.2, 0.25) is 0 Å². The normalized spacial score (nSPS) is 10.9. The lowest BCUT2D eigenvalue weighted by Crippen LogP contribution is -2.42. The number of carbonyl (C=O) groups is 1. The molecule has 0 bridgehead atoms. The Labute approximate surface area is 185 Å². The van der Waals surface area contributed by atoms with E-state index in [1.807, 2.05) is 69.0 Å². The maximum atomic E-state index is 12.7. The van der Waals surface area contributed by atoms with Gasteiger partial charge in [-0.05, 0) is 95.5 Å². The van der Waals surface area contributed by atoms with Gasteiger partial charge in [0, 0.05) is 23.2 Å². The average Bonchev–Trinajstić information content (AvgIpc) is 2.73. The molecule has 2 aromatic carbocycles. The predicted octanol–water partition coefficient (Wildman–Crippen LogP) is 4.86. The third kappa shape index (κ3) is 7.63. The Morgan fingerprint density at radius 3 is 1.61 bits per heavy atom. The third-order valence-electron chi connectivity index (χ3n) is 4.94. The van der Waals surface area contributed by atoms with Crippen LogP contribution in [-0.4, -0.2) is 41.9 Å². The van der Waals surface area contributed by atoms with E-state index in [0.29, 0.717) is 24.3 Å². The maximum Gasteiger partial charge on any atom is 0.254 e. The molecule has 3 N–H and O–H groups in total. The van der Waals surface area contributed by atoms with Crippen molar-refractivity contribution in [3.8, 4) is 11.5 Å². The molecule has 0 atom stereocenters. The van der Waals surface area contributed by atoms with Gasteiger partial charge in [-0.25, -0.2) is 0 Å². The van der Waals surface area contributed by atoms with Crippen LogP contribution in [0, 0.1) is 5.41 Å². The van der Waals surface area contributed by atoms with E-state index >= 15 is 0 Å². The molecule has 0 aromatic heterocycles. The van der Waals surface area contributed by atoms with E-state index in [1.54, 1.807) is 12.1 Å². The zero-order chi connectivity index (χ0) is 22.8. The number of rotatable bonds is 12. The van der Waals surface area contributed by atoms with Crippen LogP contribution in [0.1, 0.15) is 62.9 Å². The minimum atomic E-state index is 0.0486. The van der Waals surface area contributed by atoms with E-state index in [-0.39, 0.29) is 23.8 Å². The van der Waals surface area contributed by atoms with Crippen LogP contribution >= 0.6 is 0 Å². The van der Waals surface area contributed by atoms with Gasteiger partial charge in [0.15, 0.2) is 0 Å². The summed E-state index contributed by atoms with van der Waals surface area (Å²) in [5.74, 6) is 1.66. The molecule has 0 unspecified atom stereocenters. The number of hydrogen-bond donors (Lipinski definition) is 2. The Morgan fingerprint density at radius 1 is 0.806 bits per heavy atom.